The molecule has 4 rings (SSSR count). The maximum Gasteiger partial charge on any atom is 0.411 e. The Morgan fingerprint density at radius 2 is 1.92 bits per heavy atom. The first kappa shape index (κ1) is 17.3. The third kappa shape index (κ3) is 3.06. The molecule has 7 nitrogen and oxygen atoms in total. The minimum atomic E-state index is -3.33. The molecule has 2 amide bonds. The first-order valence-corrected chi connectivity index (χ1v) is 10.9. The minimum Gasteiger partial charge on any atom is -0.443 e. The Morgan fingerprint density at radius 1 is 1.23 bits per heavy atom. The average molecular weight is 378 g/mol. The van der Waals surface area contributed by atoms with E-state index in [0.717, 1.165) is 18.2 Å². The lowest BCUT2D eigenvalue weighted by molar-refractivity contribution is -0.129. The molecule has 8 heteroatoms. The molecule has 0 N–H and O–H groups in total. The van der Waals surface area contributed by atoms with Crippen molar-refractivity contribution < 1.29 is 22.7 Å². The number of rotatable bonds is 3. The summed E-state index contributed by atoms with van der Waals surface area (Å²) >= 11 is 0. The van der Waals surface area contributed by atoms with Crippen molar-refractivity contribution in [3.63, 3.8) is 0 Å². The van der Waals surface area contributed by atoms with Crippen LogP contribution in [0.1, 0.15) is 30.0 Å². The predicted octanol–water partition coefficient (Wildman–Crippen LogP) is 1.14. The van der Waals surface area contributed by atoms with Crippen LogP contribution >= 0.6 is 0 Å². The van der Waals surface area contributed by atoms with E-state index in [0.29, 0.717) is 25.9 Å². The van der Waals surface area contributed by atoms with Crippen LogP contribution in [-0.2, 0) is 25.8 Å². The van der Waals surface area contributed by atoms with Gasteiger partial charge in [0.15, 0.2) is 9.84 Å². The molecule has 0 radical (unpaired) electrons. The molecule has 2 fully saturated rings. The van der Waals surface area contributed by atoms with Gasteiger partial charge in [0, 0.05) is 31.8 Å². The molecule has 2 aliphatic heterocycles. The Morgan fingerprint density at radius 3 is 2.62 bits per heavy atom. The molecule has 0 bridgehead atoms. The van der Waals surface area contributed by atoms with Gasteiger partial charge in [-0.2, -0.15) is 0 Å². The van der Waals surface area contributed by atoms with E-state index in [9.17, 15) is 18.0 Å². The van der Waals surface area contributed by atoms with Crippen molar-refractivity contribution in [3.8, 4) is 0 Å². The largest absolute Gasteiger partial charge is 0.443 e. The van der Waals surface area contributed by atoms with Gasteiger partial charge in [0.25, 0.3) is 0 Å². The Bertz CT molecular complexity index is 845. The van der Waals surface area contributed by atoms with Gasteiger partial charge in [0.1, 0.15) is 11.9 Å². The lowest BCUT2D eigenvalue weighted by Crippen LogP contribution is -2.48. The minimum absolute atomic E-state index is 0.00550. The molecule has 2 saturated heterocycles. The highest BCUT2D eigenvalue weighted by Gasteiger charge is 2.50. The molecule has 1 aliphatic carbocycles. The zero-order chi connectivity index (χ0) is 18.5. The second-order valence-corrected chi connectivity index (χ2v) is 9.50. The normalized spacial score (nSPS) is 25.8. The van der Waals surface area contributed by atoms with E-state index < -0.39 is 15.6 Å². The Labute approximate surface area is 152 Å². The van der Waals surface area contributed by atoms with Crippen LogP contribution in [-0.4, -0.2) is 67.5 Å². The Balaban J connectivity index is 1.46. The number of hydrogen-bond donors (Lipinski definition) is 0. The third-order valence-corrected chi connectivity index (χ3v) is 6.28. The van der Waals surface area contributed by atoms with E-state index in [1.54, 1.807) is 4.90 Å². The number of likely N-dealkylation sites (tertiary alicyclic amines) is 1. The smallest absolute Gasteiger partial charge is 0.411 e. The van der Waals surface area contributed by atoms with E-state index in [2.05, 4.69) is 12.1 Å². The molecule has 0 unspecified atom stereocenters. The Kier molecular flexibility index (Phi) is 4.17. The average Bonchev–Trinajstić information content (AvgIpc) is 3.07. The monoisotopic (exact) mass is 378 g/mol. The number of sulfone groups is 1. The molecule has 0 aromatic heterocycles. The highest BCUT2D eigenvalue weighted by Crippen LogP contribution is 2.44. The number of carbonyl (C=O) groups excluding carboxylic acids is 2. The lowest BCUT2D eigenvalue weighted by atomic mass is 9.99. The van der Waals surface area contributed by atoms with Crippen LogP contribution in [0.25, 0.3) is 0 Å². The van der Waals surface area contributed by atoms with Crippen LogP contribution in [0.2, 0.25) is 0 Å². The molecule has 140 valence electrons. The fourth-order valence-electron chi connectivity index (χ4n) is 4.36. The van der Waals surface area contributed by atoms with Crippen molar-refractivity contribution in [1.82, 2.24) is 9.80 Å². The Hall–Kier alpha value is -2.09. The van der Waals surface area contributed by atoms with Gasteiger partial charge < -0.3 is 9.64 Å². The molecule has 0 spiro atoms. The van der Waals surface area contributed by atoms with E-state index in [1.807, 2.05) is 17.0 Å². The summed E-state index contributed by atoms with van der Waals surface area (Å²) in [6.07, 6.45) is 2.66. The second kappa shape index (κ2) is 6.26. The van der Waals surface area contributed by atoms with Crippen LogP contribution < -0.4 is 0 Å². The maximum atomic E-state index is 12.4. The van der Waals surface area contributed by atoms with Crippen LogP contribution in [0.3, 0.4) is 0 Å². The van der Waals surface area contributed by atoms with Crippen LogP contribution in [0, 0.1) is 0 Å². The summed E-state index contributed by atoms with van der Waals surface area (Å²) in [5.41, 5.74) is 2.37. The van der Waals surface area contributed by atoms with Gasteiger partial charge in [-0.25, -0.2) is 13.2 Å². The molecule has 2 heterocycles. The molecule has 26 heavy (non-hydrogen) atoms. The number of nitrogens with zero attached hydrogens (tertiary/aromatic N) is 2. The molecule has 0 saturated carbocycles. The van der Waals surface area contributed by atoms with Crippen molar-refractivity contribution in [1.29, 1.82) is 0 Å². The molecular weight excluding hydrogens is 356 g/mol. The van der Waals surface area contributed by atoms with Crippen molar-refractivity contribution in [3.05, 3.63) is 35.4 Å². The van der Waals surface area contributed by atoms with Gasteiger partial charge in [-0.15, -0.1) is 0 Å². The number of fused-ring (bicyclic) bond motifs is 3. The summed E-state index contributed by atoms with van der Waals surface area (Å²) < 4.78 is 28.3. The van der Waals surface area contributed by atoms with E-state index in [1.165, 1.54) is 5.56 Å². The highest BCUT2D eigenvalue weighted by molar-refractivity contribution is 7.91. The number of amides is 2. The van der Waals surface area contributed by atoms with Gasteiger partial charge in [-0.3, -0.25) is 9.69 Å². The SMILES string of the molecule is CS(=O)(=O)CC(=O)N1CCC(N2C(=O)O[C@@H]3Cc4ccccc4[C@@H]32)CC1. The fraction of sp³-hybridized carbons (Fsp3) is 0.556. The fourth-order valence-corrected chi connectivity index (χ4v) is 4.99. The van der Waals surface area contributed by atoms with Crippen molar-refractivity contribution in [2.24, 2.45) is 0 Å². The maximum absolute atomic E-state index is 12.4. The summed E-state index contributed by atoms with van der Waals surface area (Å²) in [6, 6.07) is 8.06. The van der Waals surface area contributed by atoms with Crippen LogP contribution in [0.15, 0.2) is 24.3 Å². The summed E-state index contributed by atoms with van der Waals surface area (Å²) in [5, 5.41) is 0. The second-order valence-electron chi connectivity index (χ2n) is 7.36. The lowest BCUT2D eigenvalue weighted by Gasteiger charge is -2.37. The van der Waals surface area contributed by atoms with Gasteiger partial charge in [0.2, 0.25) is 5.91 Å². The molecule has 2 atom stereocenters. The predicted molar refractivity (Wildman–Crippen MR) is 94.3 cm³/mol. The number of piperidine rings is 1. The van der Waals surface area contributed by atoms with E-state index >= 15 is 0 Å². The van der Waals surface area contributed by atoms with Gasteiger partial charge in [-0.1, -0.05) is 24.3 Å². The van der Waals surface area contributed by atoms with Gasteiger partial charge in [0.05, 0.1) is 6.04 Å². The molecular formula is C18H22N2O5S. The van der Waals surface area contributed by atoms with Gasteiger partial charge >= 0.3 is 6.09 Å². The highest BCUT2D eigenvalue weighted by atomic mass is 32.2. The molecule has 1 aromatic carbocycles. The van der Waals surface area contributed by atoms with Crippen molar-refractivity contribution in [2.75, 3.05) is 25.1 Å². The first-order chi connectivity index (χ1) is 12.3. The van der Waals surface area contributed by atoms with Crippen LogP contribution in [0.4, 0.5) is 4.79 Å². The number of carbonyl (C=O) groups is 2. The summed E-state index contributed by atoms with van der Waals surface area (Å²) in [5.74, 6) is -0.819. The van der Waals surface area contributed by atoms with Crippen molar-refractivity contribution in [2.45, 2.75) is 37.5 Å². The summed E-state index contributed by atoms with van der Waals surface area (Å²) in [7, 11) is -3.33. The summed E-state index contributed by atoms with van der Waals surface area (Å²) in [6.45, 7) is 0.920. The van der Waals surface area contributed by atoms with E-state index in [4.69, 9.17) is 4.74 Å². The van der Waals surface area contributed by atoms with Crippen molar-refractivity contribution >= 4 is 21.8 Å². The van der Waals surface area contributed by atoms with Gasteiger partial charge in [-0.05, 0) is 24.0 Å². The quantitative estimate of drug-likeness (QED) is 0.788. The topological polar surface area (TPSA) is 84.0 Å². The van der Waals surface area contributed by atoms with Crippen LogP contribution in [0.5, 0.6) is 0 Å². The summed E-state index contributed by atoms with van der Waals surface area (Å²) in [4.78, 5) is 28.0. The zero-order valence-corrected chi connectivity index (χ0v) is 15.4. The standard InChI is InChI=1S/C18H22N2O5S/c1-26(23,24)11-16(21)19-8-6-13(7-9-19)20-17-14-5-3-2-4-12(14)10-15(17)25-18(20)22/h2-5,13,15,17H,6-11H2,1H3/t15-,17+/m1/s1. The molecule has 1 aromatic rings. The first-order valence-electron chi connectivity index (χ1n) is 8.86. The number of ether oxygens (including phenoxy) is 1. The number of benzene rings is 1. The number of hydrogen-bond acceptors (Lipinski definition) is 5. The third-order valence-electron chi connectivity index (χ3n) is 5.51. The molecule has 3 aliphatic rings. The zero-order valence-electron chi connectivity index (χ0n) is 14.6. The van der Waals surface area contributed by atoms with E-state index in [-0.39, 0.29) is 30.2 Å².